The molecular formula is C24H16O5. The highest BCUT2D eigenvalue weighted by Gasteiger charge is 2.35. The van der Waals surface area contributed by atoms with Crippen LogP contribution in [0.1, 0.15) is 36.6 Å². The van der Waals surface area contributed by atoms with Crippen molar-refractivity contribution in [1.82, 2.24) is 0 Å². The number of esters is 1. The zero-order chi connectivity index (χ0) is 20.4. The highest BCUT2D eigenvalue weighted by atomic mass is 16.5. The summed E-state index contributed by atoms with van der Waals surface area (Å²) in [5.41, 5.74) is 1.34. The number of hydrogen-bond donors (Lipinski definition) is 0. The normalized spacial score (nSPS) is 13.1. The van der Waals surface area contributed by atoms with Crippen molar-refractivity contribution in [3.05, 3.63) is 107 Å². The molecule has 1 aliphatic rings. The molecule has 5 nitrogen and oxygen atoms in total. The average molecular weight is 384 g/mol. The average Bonchev–Trinajstić information content (AvgIpc) is 2.78. The maximum Gasteiger partial charge on any atom is 0.343 e. The highest BCUT2D eigenvalue weighted by molar-refractivity contribution is 6.40. The maximum absolute atomic E-state index is 13.2. The topological polar surface area (TPSA) is 69.7 Å². The van der Waals surface area contributed by atoms with E-state index in [9.17, 15) is 14.4 Å². The number of Topliss-reactive ketones (excluding diaryl/α,β-unsaturated/α-hetero) is 2. The Morgan fingerprint density at radius 1 is 0.724 bits per heavy atom. The molecule has 29 heavy (non-hydrogen) atoms. The van der Waals surface area contributed by atoms with E-state index in [2.05, 4.69) is 0 Å². The Bertz CT molecular complexity index is 1140. The molecule has 0 atom stereocenters. The standard InChI is InChI=1S/C24H16O5/c1-28-17-13-11-16(12-14-17)24(27)29-23-20(15-7-3-2-4-8-15)21(25)18-9-5-6-10-19(18)22(23)26/h2-14H,1H3. The number of carbonyl (C=O) groups is 3. The molecule has 142 valence electrons. The van der Waals surface area contributed by atoms with E-state index in [1.165, 1.54) is 19.2 Å². The summed E-state index contributed by atoms with van der Waals surface area (Å²) >= 11 is 0. The number of methoxy groups -OCH3 is 1. The van der Waals surface area contributed by atoms with Crippen LogP contribution in [0.5, 0.6) is 5.75 Å². The summed E-state index contributed by atoms with van der Waals surface area (Å²) in [5, 5.41) is 0. The Hall–Kier alpha value is -3.99. The lowest BCUT2D eigenvalue weighted by Crippen LogP contribution is -2.24. The summed E-state index contributed by atoms with van der Waals surface area (Å²) in [7, 11) is 1.52. The van der Waals surface area contributed by atoms with Gasteiger partial charge in [-0.05, 0) is 29.8 Å². The fourth-order valence-electron chi connectivity index (χ4n) is 3.20. The molecule has 0 N–H and O–H groups in total. The van der Waals surface area contributed by atoms with Gasteiger partial charge in [0.15, 0.2) is 11.5 Å². The smallest absolute Gasteiger partial charge is 0.343 e. The van der Waals surface area contributed by atoms with Gasteiger partial charge in [-0.3, -0.25) is 9.59 Å². The van der Waals surface area contributed by atoms with Crippen LogP contribution < -0.4 is 4.74 Å². The summed E-state index contributed by atoms with van der Waals surface area (Å²) in [6, 6.07) is 21.5. The third kappa shape index (κ3) is 3.34. The number of allylic oxidation sites excluding steroid dienone is 2. The number of fused-ring (bicyclic) bond motifs is 1. The van der Waals surface area contributed by atoms with Gasteiger partial charge in [-0.1, -0.05) is 54.6 Å². The molecule has 0 aliphatic heterocycles. The Kier molecular flexibility index (Phi) is 4.79. The van der Waals surface area contributed by atoms with Crippen LogP contribution in [0.15, 0.2) is 84.6 Å². The van der Waals surface area contributed by atoms with Crippen LogP contribution in [0.3, 0.4) is 0 Å². The van der Waals surface area contributed by atoms with Crippen molar-refractivity contribution in [3.63, 3.8) is 0 Å². The van der Waals surface area contributed by atoms with E-state index in [-0.39, 0.29) is 28.2 Å². The fourth-order valence-corrected chi connectivity index (χ4v) is 3.20. The van der Waals surface area contributed by atoms with Gasteiger partial charge in [0.05, 0.1) is 18.2 Å². The lowest BCUT2D eigenvalue weighted by atomic mass is 9.85. The first-order valence-electron chi connectivity index (χ1n) is 8.94. The summed E-state index contributed by atoms with van der Waals surface area (Å²) in [6.45, 7) is 0. The van der Waals surface area contributed by atoms with Crippen LogP contribution in [-0.4, -0.2) is 24.6 Å². The summed E-state index contributed by atoms with van der Waals surface area (Å²) in [6.07, 6.45) is 0. The molecule has 0 amide bonds. The van der Waals surface area contributed by atoms with Crippen molar-refractivity contribution in [3.8, 4) is 5.75 Å². The number of benzene rings is 3. The van der Waals surface area contributed by atoms with E-state index in [4.69, 9.17) is 9.47 Å². The van der Waals surface area contributed by atoms with Gasteiger partial charge in [0.25, 0.3) is 0 Å². The van der Waals surface area contributed by atoms with E-state index in [1.54, 1.807) is 66.7 Å². The van der Waals surface area contributed by atoms with Crippen molar-refractivity contribution < 1.29 is 23.9 Å². The summed E-state index contributed by atoms with van der Waals surface area (Å²) < 4.78 is 10.6. The second kappa shape index (κ2) is 7.56. The number of ether oxygens (including phenoxy) is 2. The minimum absolute atomic E-state index is 0.0798. The SMILES string of the molecule is COc1ccc(C(=O)OC2=C(c3ccccc3)C(=O)c3ccccc3C2=O)cc1. The fraction of sp³-hybridized carbons (Fsp3) is 0.0417. The molecular weight excluding hydrogens is 368 g/mol. The molecule has 4 rings (SSSR count). The minimum atomic E-state index is -0.725. The van der Waals surface area contributed by atoms with E-state index in [0.29, 0.717) is 16.9 Å². The first-order valence-corrected chi connectivity index (χ1v) is 8.94. The lowest BCUT2D eigenvalue weighted by molar-refractivity contribution is 0.0588. The first kappa shape index (κ1) is 18.4. The van der Waals surface area contributed by atoms with E-state index >= 15 is 0 Å². The Morgan fingerprint density at radius 3 is 1.93 bits per heavy atom. The van der Waals surface area contributed by atoms with Gasteiger partial charge < -0.3 is 9.47 Å². The first-order chi connectivity index (χ1) is 14.1. The number of ketones is 2. The third-order valence-corrected chi connectivity index (χ3v) is 4.66. The number of rotatable bonds is 4. The molecule has 0 bridgehead atoms. The van der Waals surface area contributed by atoms with Gasteiger partial charge in [-0.25, -0.2) is 4.79 Å². The second-order valence-electron chi connectivity index (χ2n) is 6.39. The quantitative estimate of drug-likeness (QED) is 0.626. The molecule has 0 radical (unpaired) electrons. The van der Waals surface area contributed by atoms with Crippen molar-refractivity contribution in [1.29, 1.82) is 0 Å². The van der Waals surface area contributed by atoms with Gasteiger partial charge in [-0.2, -0.15) is 0 Å². The van der Waals surface area contributed by atoms with Crippen LogP contribution in [0.2, 0.25) is 0 Å². The van der Waals surface area contributed by atoms with Crippen molar-refractivity contribution in [2.24, 2.45) is 0 Å². The molecule has 3 aromatic carbocycles. The number of hydrogen-bond acceptors (Lipinski definition) is 5. The van der Waals surface area contributed by atoms with Crippen molar-refractivity contribution in [2.45, 2.75) is 0 Å². The number of carbonyl (C=O) groups excluding carboxylic acids is 3. The molecule has 0 unspecified atom stereocenters. The van der Waals surface area contributed by atoms with E-state index in [0.717, 1.165) is 0 Å². The predicted molar refractivity (Wildman–Crippen MR) is 107 cm³/mol. The van der Waals surface area contributed by atoms with Crippen molar-refractivity contribution in [2.75, 3.05) is 7.11 Å². The van der Waals surface area contributed by atoms with Gasteiger partial charge in [0.2, 0.25) is 5.78 Å². The monoisotopic (exact) mass is 384 g/mol. The molecule has 0 fully saturated rings. The van der Waals surface area contributed by atoms with Crippen LogP contribution in [0.25, 0.3) is 5.57 Å². The maximum atomic E-state index is 13.2. The van der Waals surface area contributed by atoms with E-state index < -0.39 is 11.8 Å². The molecule has 1 aliphatic carbocycles. The predicted octanol–water partition coefficient (Wildman–Crippen LogP) is 4.34. The van der Waals surface area contributed by atoms with Gasteiger partial charge in [-0.15, -0.1) is 0 Å². The molecule has 0 heterocycles. The largest absolute Gasteiger partial charge is 0.497 e. The molecule has 3 aromatic rings. The Balaban J connectivity index is 1.80. The summed E-state index contributed by atoms with van der Waals surface area (Å²) in [5.74, 6) is -1.26. The Labute approximate surface area is 167 Å². The van der Waals surface area contributed by atoms with Crippen LogP contribution in [-0.2, 0) is 4.74 Å². The molecule has 0 saturated carbocycles. The highest BCUT2D eigenvalue weighted by Crippen LogP contribution is 2.33. The van der Waals surface area contributed by atoms with Gasteiger partial charge in [0.1, 0.15) is 5.75 Å². The van der Waals surface area contributed by atoms with Crippen molar-refractivity contribution >= 4 is 23.1 Å². The van der Waals surface area contributed by atoms with Gasteiger partial charge >= 0.3 is 5.97 Å². The molecule has 0 saturated heterocycles. The van der Waals surface area contributed by atoms with Crippen LogP contribution in [0.4, 0.5) is 0 Å². The second-order valence-corrected chi connectivity index (χ2v) is 6.39. The summed E-state index contributed by atoms with van der Waals surface area (Å²) in [4.78, 5) is 39.0. The van der Waals surface area contributed by atoms with E-state index in [1.807, 2.05) is 0 Å². The van der Waals surface area contributed by atoms with Gasteiger partial charge in [0, 0.05) is 11.1 Å². The Morgan fingerprint density at radius 2 is 1.31 bits per heavy atom. The zero-order valence-corrected chi connectivity index (χ0v) is 15.5. The minimum Gasteiger partial charge on any atom is -0.497 e. The molecule has 5 heteroatoms. The molecule has 0 spiro atoms. The van der Waals surface area contributed by atoms with Crippen LogP contribution in [0, 0.1) is 0 Å². The van der Waals surface area contributed by atoms with Crippen LogP contribution >= 0.6 is 0 Å². The zero-order valence-electron chi connectivity index (χ0n) is 15.5. The lowest BCUT2D eigenvalue weighted by Gasteiger charge is -2.20. The molecule has 0 aromatic heterocycles. The third-order valence-electron chi connectivity index (χ3n) is 4.66.